The van der Waals surface area contributed by atoms with E-state index in [4.69, 9.17) is 11.6 Å². The molecule has 3 rings (SSSR count). The molecule has 1 N–H and O–H groups in total. The topological polar surface area (TPSA) is 23.5 Å². The zero-order valence-electron chi connectivity index (χ0n) is 15.1. The highest BCUT2D eigenvalue weighted by Gasteiger charge is 2.51. The molecule has 24 heavy (non-hydrogen) atoms. The molecule has 1 aromatic rings. The zero-order chi connectivity index (χ0) is 17.3. The molecular formula is C21H30ClNO. The fourth-order valence-corrected chi connectivity index (χ4v) is 5.02. The van der Waals surface area contributed by atoms with Gasteiger partial charge in [0.15, 0.2) is 0 Å². The molecule has 0 radical (unpaired) electrons. The van der Waals surface area contributed by atoms with E-state index in [1.807, 2.05) is 12.1 Å². The summed E-state index contributed by atoms with van der Waals surface area (Å²) < 4.78 is 0. The van der Waals surface area contributed by atoms with Crippen LogP contribution in [-0.2, 0) is 0 Å². The first kappa shape index (κ1) is 18.0. The van der Waals surface area contributed by atoms with Gasteiger partial charge in [-0.15, -0.1) is 0 Å². The summed E-state index contributed by atoms with van der Waals surface area (Å²) in [5.41, 5.74) is 1.65. The van der Waals surface area contributed by atoms with Crippen molar-refractivity contribution in [3.63, 3.8) is 0 Å². The minimum absolute atomic E-state index is 0.204. The second-order valence-electron chi connectivity index (χ2n) is 7.92. The summed E-state index contributed by atoms with van der Waals surface area (Å²) in [7, 11) is 4.22. The number of hydrogen-bond acceptors (Lipinski definition) is 2. The maximum atomic E-state index is 12.0. The molecule has 0 aromatic heterocycles. The van der Waals surface area contributed by atoms with Crippen molar-refractivity contribution < 1.29 is 5.11 Å². The summed E-state index contributed by atoms with van der Waals surface area (Å²) in [6, 6.07) is 8.17. The standard InChI is InChI=1S/C21H30ClNO/c1-15-8-13-20(23(2)3)21(24,17-6-4-5-7-17)19(15)14-16-9-11-18(22)12-10-16/h9-12,14-15,17,20,24H,4-8,13H2,1-3H3. The molecule has 1 aromatic carbocycles. The lowest BCUT2D eigenvalue weighted by Crippen LogP contribution is -2.59. The first-order chi connectivity index (χ1) is 11.4. The minimum Gasteiger partial charge on any atom is -0.384 e. The third-order valence-corrected chi connectivity index (χ3v) is 6.42. The number of rotatable bonds is 3. The van der Waals surface area contributed by atoms with Crippen LogP contribution < -0.4 is 0 Å². The molecule has 0 spiro atoms. The quantitative estimate of drug-likeness (QED) is 0.831. The van der Waals surface area contributed by atoms with E-state index < -0.39 is 5.60 Å². The Morgan fingerprint density at radius 2 is 1.71 bits per heavy atom. The van der Waals surface area contributed by atoms with Crippen molar-refractivity contribution >= 4 is 17.7 Å². The molecular weight excluding hydrogens is 318 g/mol. The Hall–Kier alpha value is -0.830. The SMILES string of the molecule is CC1CCC(N(C)C)C(O)(C2CCCC2)C1=Cc1ccc(Cl)cc1. The lowest BCUT2D eigenvalue weighted by molar-refractivity contribution is -0.0699. The van der Waals surface area contributed by atoms with Crippen molar-refractivity contribution in [3.8, 4) is 0 Å². The number of halogens is 1. The van der Waals surface area contributed by atoms with Crippen molar-refractivity contribution in [3.05, 3.63) is 40.4 Å². The average molecular weight is 348 g/mol. The van der Waals surface area contributed by atoms with Crippen LogP contribution >= 0.6 is 11.6 Å². The maximum Gasteiger partial charge on any atom is 0.104 e. The number of nitrogens with zero attached hydrogens (tertiary/aromatic N) is 1. The summed E-state index contributed by atoms with van der Waals surface area (Å²) in [6.07, 6.45) is 9.22. The smallest absolute Gasteiger partial charge is 0.104 e. The zero-order valence-corrected chi connectivity index (χ0v) is 15.9. The largest absolute Gasteiger partial charge is 0.384 e. The van der Waals surface area contributed by atoms with E-state index >= 15 is 0 Å². The highest BCUT2D eigenvalue weighted by Crippen LogP contribution is 2.49. The number of benzene rings is 1. The van der Waals surface area contributed by atoms with Gasteiger partial charge in [0.25, 0.3) is 0 Å². The van der Waals surface area contributed by atoms with E-state index in [0.29, 0.717) is 11.8 Å². The molecule has 3 heteroatoms. The number of likely N-dealkylation sites (N-methyl/N-ethyl adjacent to an activating group) is 1. The van der Waals surface area contributed by atoms with Crippen LogP contribution in [0.1, 0.15) is 51.0 Å². The van der Waals surface area contributed by atoms with Crippen LogP contribution in [0.25, 0.3) is 6.08 Å². The minimum atomic E-state index is -0.711. The van der Waals surface area contributed by atoms with Gasteiger partial charge in [-0.1, -0.05) is 49.6 Å². The molecule has 0 aliphatic heterocycles. The van der Waals surface area contributed by atoms with Gasteiger partial charge in [-0.2, -0.15) is 0 Å². The van der Waals surface area contributed by atoms with Crippen LogP contribution in [-0.4, -0.2) is 35.7 Å². The lowest BCUT2D eigenvalue weighted by atomic mass is 9.64. The summed E-state index contributed by atoms with van der Waals surface area (Å²) in [6.45, 7) is 2.27. The molecule has 2 nitrogen and oxygen atoms in total. The summed E-state index contributed by atoms with van der Waals surface area (Å²) >= 11 is 6.03. The summed E-state index contributed by atoms with van der Waals surface area (Å²) in [5, 5.41) is 12.8. The van der Waals surface area contributed by atoms with Crippen LogP contribution in [0.3, 0.4) is 0 Å². The third kappa shape index (κ3) is 3.29. The Bertz CT molecular complexity index is 588. The van der Waals surface area contributed by atoms with Crippen LogP contribution in [0.4, 0.5) is 0 Å². The number of aliphatic hydroxyl groups is 1. The summed E-state index contributed by atoms with van der Waals surface area (Å²) in [5.74, 6) is 0.800. The fourth-order valence-electron chi connectivity index (χ4n) is 4.89. The molecule has 0 saturated heterocycles. The van der Waals surface area contributed by atoms with E-state index in [-0.39, 0.29) is 6.04 Å². The molecule has 0 amide bonds. The van der Waals surface area contributed by atoms with Gasteiger partial charge in [0.1, 0.15) is 5.60 Å². The van der Waals surface area contributed by atoms with Gasteiger partial charge in [-0.25, -0.2) is 0 Å². The van der Waals surface area contributed by atoms with Crippen molar-refractivity contribution in [1.82, 2.24) is 4.90 Å². The van der Waals surface area contributed by atoms with Crippen molar-refractivity contribution in [2.24, 2.45) is 11.8 Å². The van der Waals surface area contributed by atoms with Crippen LogP contribution in [0, 0.1) is 11.8 Å². The Labute approximate surface area is 151 Å². The monoisotopic (exact) mass is 347 g/mol. The average Bonchev–Trinajstić information content (AvgIpc) is 3.08. The van der Waals surface area contributed by atoms with E-state index in [2.05, 4.69) is 44.1 Å². The van der Waals surface area contributed by atoms with Crippen LogP contribution in [0.15, 0.2) is 29.8 Å². The van der Waals surface area contributed by atoms with Gasteiger partial charge >= 0.3 is 0 Å². The van der Waals surface area contributed by atoms with Gasteiger partial charge in [-0.3, -0.25) is 0 Å². The second-order valence-corrected chi connectivity index (χ2v) is 8.35. The van der Waals surface area contributed by atoms with Gasteiger partial charge in [0.2, 0.25) is 0 Å². The highest BCUT2D eigenvalue weighted by atomic mass is 35.5. The van der Waals surface area contributed by atoms with Crippen molar-refractivity contribution in [2.45, 2.75) is 57.1 Å². The van der Waals surface area contributed by atoms with Gasteiger partial charge < -0.3 is 10.0 Å². The van der Waals surface area contributed by atoms with Crippen molar-refractivity contribution in [1.29, 1.82) is 0 Å². The van der Waals surface area contributed by atoms with E-state index in [0.717, 1.165) is 36.3 Å². The van der Waals surface area contributed by atoms with Crippen LogP contribution in [0.2, 0.25) is 5.02 Å². The molecule has 3 atom stereocenters. The van der Waals surface area contributed by atoms with Gasteiger partial charge in [0.05, 0.1) is 0 Å². The molecule has 2 aliphatic rings. The van der Waals surface area contributed by atoms with Crippen molar-refractivity contribution in [2.75, 3.05) is 14.1 Å². The van der Waals surface area contributed by atoms with Gasteiger partial charge in [0, 0.05) is 11.1 Å². The molecule has 3 unspecified atom stereocenters. The molecule has 2 fully saturated rings. The molecule has 0 bridgehead atoms. The van der Waals surface area contributed by atoms with E-state index in [1.165, 1.54) is 18.4 Å². The predicted octanol–water partition coefficient (Wildman–Crippen LogP) is 5.00. The fraction of sp³-hybridized carbons (Fsp3) is 0.619. The maximum absolute atomic E-state index is 12.0. The molecule has 2 saturated carbocycles. The Balaban J connectivity index is 2.05. The normalized spacial score (nSPS) is 33.5. The van der Waals surface area contributed by atoms with E-state index in [9.17, 15) is 5.11 Å². The number of hydrogen-bond donors (Lipinski definition) is 1. The lowest BCUT2D eigenvalue weighted by Gasteiger charge is -2.51. The Kier molecular flexibility index (Phi) is 5.39. The third-order valence-electron chi connectivity index (χ3n) is 6.17. The predicted molar refractivity (Wildman–Crippen MR) is 102 cm³/mol. The Morgan fingerprint density at radius 3 is 2.29 bits per heavy atom. The van der Waals surface area contributed by atoms with Crippen LogP contribution in [0.5, 0.6) is 0 Å². The molecule has 132 valence electrons. The Morgan fingerprint density at radius 1 is 1.08 bits per heavy atom. The first-order valence-electron chi connectivity index (χ1n) is 9.29. The second kappa shape index (κ2) is 7.19. The first-order valence-corrected chi connectivity index (χ1v) is 9.67. The van der Waals surface area contributed by atoms with E-state index in [1.54, 1.807) is 0 Å². The molecule has 0 heterocycles. The highest BCUT2D eigenvalue weighted by molar-refractivity contribution is 6.30. The summed E-state index contributed by atoms with van der Waals surface area (Å²) in [4.78, 5) is 2.24. The van der Waals surface area contributed by atoms with Gasteiger partial charge in [-0.05, 0) is 74.9 Å². The molecule has 2 aliphatic carbocycles.